The Morgan fingerprint density at radius 2 is 1.95 bits per heavy atom. The van der Waals surface area contributed by atoms with E-state index in [-0.39, 0.29) is 6.61 Å². The van der Waals surface area contributed by atoms with Gasteiger partial charge >= 0.3 is 0 Å². The third-order valence-electron chi connectivity index (χ3n) is 2.67. The maximum atomic E-state index is 9.25. The molecule has 2 rings (SSSR count). The Balaban J connectivity index is 2.39. The quantitative estimate of drug-likeness (QED) is 0.912. The van der Waals surface area contributed by atoms with E-state index in [1.807, 2.05) is 6.07 Å². The van der Waals surface area contributed by atoms with Crippen LogP contribution < -0.4 is 9.47 Å². The molecule has 0 fully saturated rings. The Kier molecular flexibility index (Phi) is 4.01. The minimum absolute atomic E-state index is 0.123. The van der Waals surface area contributed by atoms with Gasteiger partial charge in [0.1, 0.15) is 23.3 Å². The summed E-state index contributed by atoms with van der Waals surface area (Å²) in [7, 11) is 1.55. The molecule has 0 radical (unpaired) electrons. The van der Waals surface area contributed by atoms with Crippen molar-refractivity contribution in [2.75, 3.05) is 7.11 Å². The van der Waals surface area contributed by atoms with Crippen molar-refractivity contribution < 1.29 is 14.6 Å². The lowest BCUT2D eigenvalue weighted by atomic mass is 10.2. The van der Waals surface area contributed by atoms with E-state index >= 15 is 0 Å². The number of nitrogens with zero attached hydrogens (tertiary/aromatic N) is 1. The highest BCUT2D eigenvalue weighted by atomic mass is 16.5. The van der Waals surface area contributed by atoms with Crippen LogP contribution >= 0.6 is 0 Å². The van der Waals surface area contributed by atoms with Crippen molar-refractivity contribution in [2.24, 2.45) is 0 Å². The van der Waals surface area contributed by atoms with Gasteiger partial charge in [-0.1, -0.05) is 18.2 Å². The highest BCUT2D eigenvalue weighted by molar-refractivity contribution is 5.50. The zero-order valence-electron chi connectivity index (χ0n) is 10.5. The largest absolute Gasteiger partial charge is 0.497 e. The predicted octanol–water partition coefficient (Wildman–Crippen LogP) is 2.85. The van der Waals surface area contributed by atoms with Gasteiger partial charge in [0.25, 0.3) is 0 Å². The molecule has 0 aromatic heterocycles. The molecule has 0 bridgehead atoms. The van der Waals surface area contributed by atoms with Crippen molar-refractivity contribution in [1.82, 2.24) is 0 Å². The lowest BCUT2D eigenvalue weighted by Gasteiger charge is -2.11. The molecular weight excluding hydrogens is 242 g/mol. The third kappa shape index (κ3) is 2.84. The Bertz CT molecular complexity index is 617. The number of hydrogen-bond donors (Lipinski definition) is 1. The number of aliphatic hydroxyl groups excluding tert-OH is 1. The molecule has 2 aromatic carbocycles. The van der Waals surface area contributed by atoms with E-state index < -0.39 is 0 Å². The van der Waals surface area contributed by atoms with Crippen molar-refractivity contribution in [3.63, 3.8) is 0 Å². The maximum absolute atomic E-state index is 9.25. The van der Waals surface area contributed by atoms with E-state index in [4.69, 9.17) is 14.7 Å². The second kappa shape index (κ2) is 5.89. The number of ether oxygens (including phenoxy) is 2. The minimum atomic E-state index is -0.123. The average Bonchev–Trinajstić information content (AvgIpc) is 2.47. The van der Waals surface area contributed by atoms with E-state index in [9.17, 15) is 5.11 Å². The molecule has 0 saturated heterocycles. The molecule has 2 aromatic rings. The van der Waals surface area contributed by atoms with Crippen LogP contribution in [-0.4, -0.2) is 12.2 Å². The van der Waals surface area contributed by atoms with Gasteiger partial charge in [-0.3, -0.25) is 0 Å². The molecular formula is C15H13NO3. The van der Waals surface area contributed by atoms with Crippen molar-refractivity contribution in [3.05, 3.63) is 53.6 Å². The predicted molar refractivity (Wildman–Crippen MR) is 70.1 cm³/mol. The molecule has 0 heterocycles. The van der Waals surface area contributed by atoms with E-state index in [0.29, 0.717) is 28.4 Å². The molecule has 0 aliphatic rings. The summed E-state index contributed by atoms with van der Waals surface area (Å²) in [4.78, 5) is 0. The summed E-state index contributed by atoms with van der Waals surface area (Å²) in [5, 5.41) is 18.3. The Labute approximate surface area is 111 Å². The van der Waals surface area contributed by atoms with Crippen LogP contribution in [-0.2, 0) is 6.61 Å². The maximum Gasteiger partial charge on any atom is 0.148 e. The van der Waals surface area contributed by atoms with Crippen LogP contribution in [0.15, 0.2) is 42.5 Å². The summed E-state index contributed by atoms with van der Waals surface area (Å²) in [5.74, 6) is 1.54. The minimum Gasteiger partial charge on any atom is -0.497 e. The number of para-hydroxylation sites is 1. The molecule has 1 N–H and O–H groups in total. The van der Waals surface area contributed by atoms with E-state index in [1.165, 1.54) is 0 Å². The molecule has 0 aliphatic carbocycles. The van der Waals surface area contributed by atoms with Crippen LogP contribution in [0, 0.1) is 11.3 Å². The second-order valence-electron chi connectivity index (χ2n) is 3.84. The fraction of sp³-hybridized carbons (Fsp3) is 0.133. The first-order chi connectivity index (χ1) is 9.28. The molecule has 0 atom stereocenters. The van der Waals surface area contributed by atoms with Gasteiger partial charge in [-0.2, -0.15) is 5.26 Å². The fourth-order valence-electron chi connectivity index (χ4n) is 1.66. The van der Waals surface area contributed by atoms with Crippen LogP contribution in [0.5, 0.6) is 17.2 Å². The zero-order chi connectivity index (χ0) is 13.7. The van der Waals surface area contributed by atoms with Gasteiger partial charge in [-0.25, -0.2) is 0 Å². The Hall–Kier alpha value is -2.51. The monoisotopic (exact) mass is 255 g/mol. The Morgan fingerprint density at radius 3 is 2.63 bits per heavy atom. The van der Waals surface area contributed by atoms with Crippen molar-refractivity contribution >= 4 is 0 Å². The summed E-state index contributed by atoms with van der Waals surface area (Å²) in [6.45, 7) is -0.123. The number of rotatable bonds is 4. The lowest BCUT2D eigenvalue weighted by Crippen LogP contribution is -1.94. The van der Waals surface area contributed by atoms with Crippen molar-refractivity contribution in [1.29, 1.82) is 5.26 Å². The number of methoxy groups -OCH3 is 1. The summed E-state index contributed by atoms with van der Waals surface area (Å²) in [6, 6.07) is 14.2. The van der Waals surface area contributed by atoms with Gasteiger partial charge in [-0.15, -0.1) is 0 Å². The normalized spacial score (nSPS) is 9.74. The van der Waals surface area contributed by atoms with Gasteiger partial charge in [0.15, 0.2) is 0 Å². The van der Waals surface area contributed by atoms with E-state index in [0.717, 1.165) is 0 Å². The molecule has 0 spiro atoms. The zero-order valence-corrected chi connectivity index (χ0v) is 10.5. The molecule has 0 amide bonds. The van der Waals surface area contributed by atoms with Gasteiger partial charge in [0.05, 0.1) is 19.3 Å². The molecule has 96 valence electrons. The summed E-state index contributed by atoms with van der Waals surface area (Å²) in [5.41, 5.74) is 1.07. The van der Waals surface area contributed by atoms with Crippen LogP contribution in [0.3, 0.4) is 0 Å². The summed E-state index contributed by atoms with van der Waals surface area (Å²) < 4.78 is 10.8. The summed E-state index contributed by atoms with van der Waals surface area (Å²) in [6.07, 6.45) is 0. The van der Waals surface area contributed by atoms with Crippen molar-refractivity contribution in [2.45, 2.75) is 6.61 Å². The summed E-state index contributed by atoms with van der Waals surface area (Å²) >= 11 is 0. The molecule has 0 saturated carbocycles. The van der Waals surface area contributed by atoms with Gasteiger partial charge in [0, 0.05) is 11.6 Å². The number of aliphatic hydroxyl groups is 1. The van der Waals surface area contributed by atoms with Gasteiger partial charge < -0.3 is 14.6 Å². The average molecular weight is 255 g/mol. The first-order valence-corrected chi connectivity index (χ1v) is 5.73. The highest BCUT2D eigenvalue weighted by Gasteiger charge is 2.09. The number of hydrogen-bond acceptors (Lipinski definition) is 4. The molecule has 0 aliphatic heterocycles. The van der Waals surface area contributed by atoms with E-state index in [1.54, 1.807) is 43.5 Å². The van der Waals surface area contributed by atoms with Crippen LogP contribution in [0.1, 0.15) is 11.1 Å². The van der Waals surface area contributed by atoms with Crippen LogP contribution in [0.4, 0.5) is 0 Å². The molecule has 4 nitrogen and oxygen atoms in total. The second-order valence-corrected chi connectivity index (χ2v) is 3.84. The molecule has 4 heteroatoms. The number of benzene rings is 2. The molecule has 19 heavy (non-hydrogen) atoms. The SMILES string of the molecule is COc1ccc(C#N)c(Oc2ccccc2CO)c1. The standard InChI is InChI=1S/C15H13NO3/c1-18-13-7-6-11(9-16)15(8-13)19-14-5-3-2-4-12(14)10-17/h2-8,17H,10H2,1H3. The third-order valence-corrected chi connectivity index (χ3v) is 2.67. The van der Waals surface area contributed by atoms with Gasteiger partial charge in [-0.05, 0) is 18.2 Å². The first-order valence-electron chi connectivity index (χ1n) is 5.73. The fourth-order valence-corrected chi connectivity index (χ4v) is 1.66. The number of nitriles is 1. The Morgan fingerprint density at radius 1 is 1.16 bits per heavy atom. The smallest absolute Gasteiger partial charge is 0.148 e. The van der Waals surface area contributed by atoms with Crippen molar-refractivity contribution in [3.8, 4) is 23.3 Å². The molecule has 0 unspecified atom stereocenters. The van der Waals surface area contributed by atoms with Gasteiger partial charge in [0.2, 0.25) is 0 Å². The first kappa shape index (κ1) is 12.9. The lowest BCUT2D eigenvalue weighted by molar-refractivity contribution is 0.276. The van der Waals surface area contributed by atoms with E-state index in [2.05, 4.69) is 6.07 Å². The van der Waals surface area contributed by atoms with Crippen LogP contribution in [0.25, 0.3) is 0 Å². The topological polar surface area (TPSA) is 62.5 Å². The highest BCUT2D eigenvalue weighted by Crippen LogP contribution is 2.30. The van der Waals surface area contributed by atoms with Crippen LogP contribution in [0.2, 0.25) is 0 Å².